The molecule has 0 aliphatic heterocycles. The molecule has 0 saturated carbocycles. The van der Waals surface area contributed by atoms with Crippen molar-refractivity contribution in [3.63, 3.8) is 0 Å². The lowest BCUT2D eigenvalue weighted by molar-refractivity contribution is -0.128. The molecule has 8 heteroatoms. The Bertz CT molecular complexity index is 1010. The molecule has 0 unspecified atom stereocenters. The molecule has 2 N–H and O–H groups in total. The molecule has 0 atom stereocenters. The van der Waals surface area contributed by atoms with E-state index < -0.39 is 11.8 Å². The molecule has 3 aromatic rings. The minimum absolute atomic E-state index is 0.214. The van der Waals surface area contributed by atoms with Gasteiger partial charge in [-0.05, 0) is 42.3 Å². The molecule has 2 amide bonds. The van der Waals surface area contributed by atoms with Crippen molar-refractivity contribution in [3.05, 3.63) is 71.1 Å². The quantitative estimate of drug-likeness (QED) is 0.494. The summed E-state index contributed by atoms with van der Waals surface area (Å²) in [5, 5.41) is 0.279. The fourth-order valence-corrected chi connectivity index (χ4v) is 2.71. The van der Waals surface area contributed by atoms with Crippen LogP contribution in [0.15, 0.2) is 54.7 Å². The van der Waals surface area contributed by atoms with Gasteiger partial charge < -0.3 is 4.74 Å². The van der Waals surface area contributed by atoms with Gasteiger partial charge in [-0.2, -0.15) is 0 Å². The van der Waals surface area contributed by atoms with Gasteiger partial charge in [-0.3, -0.25) is 24.8 Å². The summed E-state index contributed by atoms with van der Waals surface area (Å²) in [6.07, 6.45) is 5.50. The van der Waals surface area contributed by atoms with Crippen molar-refractivity contribution in [2.24, 2.45) is 0 Å². The Hall–Kier alpha value is -3.32. The van der Waals surface area contributed by atoms with E-state index in [2.05, 4.69) is 22.8 Å². The molecule has 7 nitrogen and oxygen atoms in total. The fraction of sp³-hybridized carbons (Fsp3) is 0.150. The van der Waals surface area contributed by atoms with Crippen molar-refractivity contribution >= 4 is 35.1 Å². The van der Waals surface area contributed by atoms with Crippen molar-refractivity contribution in [2.75, 3.05) is 6.61 Å². The number of hydrogen-bond acceptors (Lipinski definition) is 4. The van der Waals surface area contributed by atoms with Gasteiger partial charge in [0.2, 0.25) is 0 Å². The molecule has 2 aromatic heterocycles. The van der Waals surface area contributed by atoms with Crippen molar-refractivity contribution in [3.8, 4) is 5.75 Å². The first-order valence-corrected chi connectivity index (χ1v) is 9.06. The van der Waals surface area contributed by atoms with Crippen molar-refractivity contribution in [1.82, 2.24) is 20.2 Å². The maximum Gasteiger partial charge on any atom is 0.276 e. The van der Waals surface area contributed by atoms with Crippen LogP contribution in [0.25, 0.3) is 11.7 Å². The Balaban J connectivity index is 1.48. The summed E-state index contributed by atoms with van der Waals surface area (Å²) in [5.74, 6) is -0.405. The number of amides is 2. The van der Waals surface area contributed by atoms with E-state index in [4.69, 9.17) is 16.3 Å². The lowest BCUT2D eigenvalue weighted by Gasteiger charge is -2.08. The topological polar surface area (TPSA) is 84.7 Å². The molecule has 3 rings (SSSR count). The molecule has 0 radical (unpaired) electrons. The molecule has 0 aliphatic rings. The lowest BCUT2D eigenvalue weighted by atomic mass is 10.2. The highest BCUT2D eigenvalue weighted by Crippen LogP contribution is 2.18. The van der Waals surface area contributed by atoms with Gasteiger partial charge in [-0.25, -0.2) is 4.98 Å². The SMILES string of the molecule is CCc1ccc(OCC(=O)NNC(=O)/C=C/c2c(Cl)nc3ccccn23)cc1. The maximum atomic E-state index is 11.9. The van der Waals surface area contributed by atoms with Gasteiger partial charge in [0.05, 0.1) is 5.69 Å². The van der Waals surface area contributed by atoms with Gasteiger partial charge in [0.25, 0.3) is 11.8 Å². The number of nitrogens with one attached hydrogen (secondary N) is 2. The third-order valence-electron chi connectivity index (χ3n) is 3.94. The van der Waals surface area contributed by atoms with Crippen LogP contribution >= 0.6 is 11.6 Å². The van der Waals surface area contributed by atoms with E-state index in [0.29, 0.717) is 17.1 Å². The van der Waals surface area contributed by atoms with Crippen molar-refractivity contribution in [2.45, 2.75) is 13.3 Å². The number of pyridine rings is 1. The lowest BCUT2D eigenvalue weighted by Crippen LogP contribution is -2.43. The monoisotopic (exact) mass is 398 g/mol. The van der Waals surface area contributed by atoms with Crippen LogP contribution in [0.4, 0.5) is 0 Å². The number of hydrazine groups is 1. The summed E-state index contributed by atoms with van der Waals surface area (Å²) in [4.78, 5) is 27.9. The van der Waals surface area contributed by atoms with Crippen LogP contribution in [-0.2, 0) is 16.0 Å². The van der Waals surface area contributed by atoms with Gasteiger partial charge in [0, 0.05) is 12.3 Å². The number of carbonyl (C=O) groups excluding carboxylic acids is 2. The van der Waals surface area contributed by atoms with Gasteiger partial charge in [0.1, 0.15) is 11.4 Å². The average molecular weight is 399 g/mol. The Kier molecular flexibility index (Phi) is 6.29. The third kappa shape index (κ3) is 4.89. The zero-order valence-electron chi connectivity index (χ0n) is 15.2. The first-order chi connectivity index (χ1) is 13.6. The van der Waals surface area contributed by atoms with E-state index in [0.717, 1.165) is 6.42 Å². The van der Waals surface area contributed by atoms with Crippen LogP contribution in [0, 0.1) is 0 Å². The number of carbonyl (C=O) groups is 2. The molecule has 0 spiro atoms. The molecule has 28 heavy (non-hydrogen) atoms. The molecule has 0 bridgehead atoms. The summed E-state index contributed by atoms with van der Waals surface area (Å²) >= 11 is 6.10. The highest BCUT2D eigenvalue weighted by molar-refractivity contribution is 6.31. The first-order valence-electron chi connectivity index (χ1n) is 8.68. The van der Waals surface area contributed by atoms with E-state index in [1.807, 2.05) is 24.3 Å². The second-order valence-corrected chi connectivity index (χ2v) is 6.23. The van der Waals surface area contributed by atoms with Gasteiger partial charge in [-0.15, -0.1) is 0 Å². The number of fused-ring (bicyclic) bond motifs is 1. The van der Waals surface area contributed by atoms with Crippen LogP contribution in [0.5, 0.6) is 5.75 Å². The number of rotatable bonds is 6. The van der Waals surface area contributed by atoms with E-state index in [1.165, 1.54) is 17.7 Å². The van der Waals surface area contributed by atoms with Crippen molar-refractivity contribution < 1.29 is 14.3 Å². The van der Waals surface area contributed by atoms with E-state index >= 15 is 0 Å². The number of aryl methyl sites for hydroxylation is 1. The van der Waals surface area contributed by atoms with Gasteiger partial charge in [-0.1, -0.05) is 36.7 Å². The summed E-state index contributed by atoms with van der Waals surface area (Å²) in [6.45, 7) is 1.85. The summed E-state index contributed by atoms with van der Waals surface area (Å²) < 4.78 is 7.12. The van der Waals surface area contributed by atoms with Crippen LogP contribution < -0.4 is 15.6 Å². The summed E-state index contributed by atoms with van der Waals surface area (Å²) in [7, 11) is 0. The predicted molar refractivity (Wildman–Crippen MR) is 107 cm³/mol. The molecule has 0 saturated heterocycles. The van der Waals surface area contributed by atoms with Crippen LogP contribution in [-0.4, -0.2) is 27.8 Å². The Morgan fingerprint density at radius 1 is 1.18 bits per heavy atom. The summed E-state index contributed by atoms with van der Waals surface area (Å²) in [6, 6.07) is 12.9. The maximum absolute atomic E-state index is 11.9. The Labute approximate surface area is 167 Å². The van der Waals surface area contributed by atoms with Crippen molar-refractivity contribution in [1.29, 1.82) is 0 Å². The average Bonchev–Trinajstić information content (AvgIpc) is 3.04. The highest BCUT2D eigenvalue weighted by Gasteiger charge is 2.08. The number of aromatic nitrogens is 2. The Morgan fingerprint density at radius 2 is 1.96 bits per heavy atom. The number of imidazole rings is 1. The second-order valence-electron chi connectivity index (χ2n) is 5.87. The van der Waals surface area contributed by atoms with Gasteiger partial charge in [0.15, 0.2) is 11.8 Å². The van der Waals surface area contributed by atoms with Crippen LogP contribution in [0.1, 0.15) is 18.2 Å². The minimum Gasteiger partial charge on any atom is -0.484 e. The number of hydrogen-bond donors (Lipinski definition) is 2. The van der Waals surface area contributed by atoms with E-state index in [1.54, 1.807) is 28.8 Å². The third-order valence-corrected chi connectivity index (χ3v) is 4.22. The van der Waals surface area contributed by atoms with E-state index in [9.17, 15) is 9.59 Å². The second kappa shape index (κ2) is 9.05. The normalized spacial score (nSPS) is 10.9. The number of halogens is 1. The molecule has 0 aliphatic carbocycles. The highest BCUT2D eigenvalue weighted by atomic mass is 35.5. The number of ether oxygens (including phenoxy) is 1. The molecule has 144 valence electrons. The standard InChI is InChI=1S/C20H19ClN4O3/c1-2-14-6-8-15(9-7-14)28-13-19(27)24-23-18(26)11-10-16-20(21)22-17-5-3-4-12-25(16)17/h3-12H,2,13H2,1H3,(H,23,26)(H,24,27)/b11-10+. The van der Waals surface area contributed by atoms with Crippen LogP contribution in [0.2, 0.25) is 5.15 Å². The minimum atomic E-state index is -0.511. The smallest absolute Gasteiger partial charge is 0.276 e. The molecular formula is C20H19ClN4O3. The molecular weight excluding hydrogens is 380 g/mol. The molecule has 0 fully saturated rings. The van der Waals surface area contributed by atoms with E-state index in [-0.39, 0.29) is 11.8 Å². The molecule has 2 heterocycles. The van der Waals surface area contributed by atoms with Gasteiger partial charge >= 0.3 is 0 Å². The zero-order valence-corrected chi connectivity index (χ0v) is 15.9. The zero-order chi connectivity index (χ0) is 19.9. The fourth-order valence-electron chi connectivity index (χ4n) is 2.47. The molecule has 1 aromatic carbocycles. The Morgan fingerprint density at radius 3 is 2.71 bits per heavy atom. The largest absolute Gasteiger partial charge is 0.484 e. The number of nitrogens with zero attached hydrogens (tertiary/aromatic N) is 2. The van der Waals surface area contributed by atoms with Crippen LogP contribution in [0.3, 0.4) is 0 Å². The number of benzene rings is 1. The summed E-state index contributed by atoms with van der Waals surface area (Å²) in [5.41, 5.74) is 7.00. The first kappa shape index (κ1) is 19.4. The predicted octanol–water partition coefficient (Wildman–Crippen LogP) is 2.79.